The summed E-state index contributed by atoms with van der Waals surface area (Å²) in [6.07, 6.45) is 3.88. The van der Waals surface area contributed by atoms with E-state index >= 15 is 0 Å². The van der Waals surface area contributed by atoms with E-state index in [-0.39, 0.29) is 6.04 Å². The van der Waals surface area contributed by atoms with Crippen LogP contribution in [0, 0.1) is 0 Å². The zero-order valence-corrected chi connectivity index (χ0v) is 10.0. The number of ether oxygens (including phenoxy) is 1. The van der Waals surface area contributed by atoms with Gasteiger partial charge in [-0.25, -0.2) is 0 Å². The van der Waals surface area contributed by atoms with E-state index in [9.17, 15) is 0 Å². The maximum atomic E-state index is 6.07. The minimum Gasteiger partial charge on any atom is -0.496 e. The zero-order valence-electron chi connectivity index (χ0n) is 8.45. The molecule has 2 nitrogen and oxygen atoms in total. The molecular formula is C12H14BrNO. The molecule has 0 amide bonds. The van der Waals surface area contributed by atoms with E-state index in [1.165, 1.54) is 5.56 Å². The molecule has 1 aliphatic rings. The van der Waals surface area contributed by atoms with Crippen LogP contribution in [0.5, 0.6) is 0 Å². The van der Waals surface area contributed by atoms with Crippen LogP contribution in [0.25, 0.3) is 0 Å². The topological polar surface area (TPSA) is 35.2 Å². The largest absolute Gasteiger partial charge is 0.496 e. The van der Waals surface area contributed by atoms with E-state index in [4.69, 9.17) is 10.5 Å². The van der Waals surface area contributed by atoms with Crippen molar-refractivity contribution in [1.29, 1.82) is 0 Å². The van der Waals surface area contributed by atoms with Gasteiger partial charge in [-0.2, -0.15) is 0 Å². The summed E-state index contributed by atoms with van der Waals surface area (Å²) in [5, 5.41) is 0. The van der Waals surface area contributed by atoms with Crippen molar-refractivity contribution < 1.29 is 4.74 Å². The second-order valence-electron chi connectivity index (χ2n) is 3.65. The first-order valence-electron chi connectivity index (χ1n) is 5.09. The molecule has 1 aliphatic heterocycles. The Bertz CT molecular complexity index is 376. The van der Waals surface area contributed by atoms with Gasteiger partial charge in [0.2, 0.25) is 0 Å². The monoisotopic (exact) mass is 267 g/mol. The summed E-state index contributed by atoms with van der Waals surface area (Å²) in [6.45, 7) is 0.777. The highest BCUT2D eigenvalue weighted by atomic mass is 79.9. The third-order valence-corrected chi connectivity index (χ3v) is 3.27. The fourth-order valence-corrected chi connectivity index (χ4v) is 2.14. The molecule has 1 atom stereocenters. The van der Waals surface area contributed by atoms with Gasteiger partial charge in [0.05, 0.1) is 12.6 Å². The fourth-order valence-electron chi connectivity index (χ4n) is 1.70. The summed E-state index contributed by atoms with van der Waals surface area (Å²) in [4.78, 5) is 0. The lowest BCUT2D eigenvalue weighted by molar-refractivity contribution is 0.224. The Kier molecular flexibility index (Phi) is 3.44. The normalized spacial score (nSPS) is 17.1. The van der Waals surface area contributed by atoms with Gasteiger partial charge in [-0.15, -0.1) is 0 Å². The molecular weight excluding hydrogens is 254 g/mol. The van der Waals surface area contributed by atoms with E-state index < -0.39 is 0 Å². The Balaban J connectivity index is 2.05. The van der Waals surface area contributed by atoms with Crippen LogP contribution in [0.3, 0.4) is 0 Å². The molecule has 0 spiro atoms. The lowest BCUT2D eigenvalue weighted by Crippen LogP contribution is -2.25. The number of benzene rings is 1. The molecule has 0 aromatic heterocycles. The Morgan fingerprint density at radius 2 is 2.20 bits per heavy atom. The van der Waals surface area contributed by atoms with Crippen LogP contribution in [-0.2, 0) is 11.2 Å². The minimum absolute atomic E-state index is 0.0220. The molecule has 1 aromatic rings. The van der Waals surface area contributed by atoms with Crippen molar-refractivity contribution in [3.8, 4) is 0 Å². The van der Waals surface area contributed by atoms with Gasteiger partial charge in [0.1, 0.15) is 5.76 Å². The van der Waals surface area contributed by atoms with E-state index in [2.05, 4.69) is 28.1 Å². The molecule has 1 aromatic carbocycles. The Morgan fingerprint density at radius 3 is 2.87 bits per heavy atom. The van der Waals surface area contributed by atoms with Gasteiger partial charge in [-0.05, 0) is 24.1 Å². The molecule has 3 heteroatoms. The van der Waals surface area contributed by atoms with E-state index in [1.807, 2.05) is 18.2 Å². The van der Waals surface area contributed by atoms with Gasteiger partial charge in [-0.3, -0.25) is 0 Å². The molecule has 2 N–H and O–H groups in total. The molecule has 1 heterocycles. The molecule has 15 heavy (non-hydrogen) atoms. The average Bonchev–Trinajstić information content (AvgIpc) is 2.74. The summed E-state index contributed by atoms with van der Waals surface area (Å²) in [6, 6.07) is 8.12. The van der Waals surface area contributed by atoms with E-state index in [1.54, 1.807) is 0 Å². The van der Waals surface area contributed by atoms with Crippen molar-refractivity contribution in [3.05, 3.63) is 46.1 Å². The maximum Gasteiger partial charge on any atom is 0.109 e. The summed E-state index contributed by atoms with van der Waals surface area (Å²) < 4.78 is 6.56. The highest BCUT2D eigenvalue weighted by Gasteiger charge is 2.15. The van der Waals surface area contributed by atoms with Crippen LogP contribution in [0.2, 0.25) is 0 Å². The number of halogens is 1. The SMILES string of the molecule is NC(Cc1ccccc1Br)C1=CCCO1. The lowest BCUT2D eigenvalue weighted by atomic mass is 10.1. The molecule has 0 saturated heterocycles. The molecule has 80 valence electrons. The van der Waals surface area contributed by atoms with E-state index in [0.717, 1.165) is 29.7 Å². The van der Waals surface area contributed by atoms with Crippen molar-refractivity contribution in [2.24, 2.45) is 5.73 Å². The highest BCUT2D eigenvalue weighted by molar-refractivity contribution is 9.10. The molecule has 2 rings (SSSR count). The summed E-state index contributed by atoms with van der Waals surface area (Å²) >= 11 is 3.52. The van der Waals surface area contributed by atoms with Gasteiger partial charge in [0, 0.05) is 10.9 Å². The molecule has 0 saturated carbocycles. The summed E-state index contributed by atoms with van der Waals surface area (Å²) in [7, 11) is 0. The number of hydrogen-bond donors (Lipinski definition) is 1. The van der Waals surface area contributed by atoms with Gasteiger partial charge in [0.25, 0.3) is 0 Å². The highest BCUT2D eigenvalue weighted by Crippen LogP contribution is 2.20. The van der Waals surface area contributed by atoms with Gasteiger partial charge >= 0.3 is 0 Å². The average molecular weight is 268 g/mol. The second-order valence-corrected chi connectivity index (χ2v) is 4.50. The van der Waals surface area contributed by atoms with Crippen molar-refractivity contribution in [2.75, 3.05) is 6.61 Å². The second kappa shape index (κ2) is 4.81. The molecule has 0 aliphatic carbocycles. The molecule has 0 fully saturated rings. The van der Waals surface area contributed by atoms with Crippen LogP contribution in [0.15, 0.2) is 40.6 Å². The first kappa shape index (κ1) is 10.7. The van der Waals surface area contributed by atoms with Crippen molar-refractivity contribution >= 4 is 15.9 Å². The van der Waals surface area contributed by atoms with Crippen molar-refractivity contribution in [2.45, 2.75) is 18.9 Å². The van der Waals surface area contributed by atoms with Crippen LogP contribution < -0.4 is 5.73 Å². The van der Waals surface area contributed by atoms with Gasteiger partial charge in [0.15, 0.2) is 0 Å². The Labute approximate surface area is 98.2 Å². The van der Waals surface area contributed by atoms with Crippen LogP contribution in [0.4, 0.5) is 0 Å². The van der Waals surface area contributed by atoms with Gasteiger partial charge in [-0.1, -0.05) is 34.1 Å². The van der Waals surface area contributed by atoms with Crippen molar-refractivity contribution in [1.82, 2.24) is 0 Å². The molecule has 1 unspecified atom stereocenters. The molecule has 0 radical (unpaired) electrons. The van der Waals surface area contributed by atoms with Gasteiger partial charge < -0.3 is 10.5 Å². The fraction of sp³-hybridized carbons (Fsp3) is 0.333. The Hall–Kier alpha value is -0.800. The van der Waals surface area contributed by atoms with Crippen LogP contribution >= 0.6 is 15.9 Å². The van der Waals surface area contributed by atoms with Crippen molar-refractivity contribution in [3.63, 3.8) is 0 Å². The predicted octanol–water partition coefficient (Wildman–Crippen LogP) is 2.62. The third kappa shape index (κ3) is 2.61. The quantitative estimate of drug-likeness (QED) is 0.914. The first-order valence-corrected chi connectivity index (χ1v) is 5.88. The summed E-state index contributed by atoms with van der Waals surface area (Å²) in [5.74, 6) is 0.936. The maximum absolute atomic E-state index is 6.07. The predicted molar refractivity (Wildman–Crippen MR) is 64.5 cm³/mol. The van der Waals surface area contributed by atoms with E-state index in [0.29, 0.717) is 0 Å². The Morgan fingerprint density at radius 1 is 1.40 bits per heavy atom. The smallest absolute Gasteiger partial charge is 0.109 e. The number of nitrogens with two attached hydrogens (primary N) is 1. The standard InChI is InChI=1S/C12H14BrNO/c13-10-5-2-1-4-9(10)8-11(14)12-6-3-7-15-12/h1-2,4-6,11H,3,7-8,14H2. The van der Waals surface area contributed by atoms with Crippen LogP contribution in [-0.4, -0.2) is 12.6 Å². The third-order valence-electron chi connectivity index (χ3n) is 2.50. The first-order chi connectivity index (χ1) is 7.27. The zero-order chi connectivity index (χ0) is 10.7. The minimum atomic E-state index is -0.0220. The lowest BCUT2D eigenvalue weighted by Gasteiger charge is -2.14. The molecule has 0 bridgehead atoms. The number of rotatable bonds is 3. The number of hydrogen-bond acceptors (Lipinski definition) is 2. The summed E-state index contributed by atoms with van der Waals surface area (Å²) in [5.41, 5.74) is 7.29. The van der Waals surface area contributed by atoms with Crippen LogP contribution in [0.1, 0.15) is 12.0 Å².